The van der Waals surface area contributed by atoms with Crippen molar-refractivity contribution in [1.29, 1.82) is 0 Å². The number of nitrogens with two attached hydrogens (primary N) is 2. The lowest BCUT2D eigenvalue weighted by atomic mass is 9.94. The summed E-state index contributed by atoms with van der Waals surface area (Å²) in [5.41, 5.74) is 12.9. The van der Waals surface area contributed by atoms with Crippen LogP contribution in [0, 0.1) is 18.7 Å². The molecule has 1 amide bonds. The van der Waals surface area contributed by atoms with Gasteiger partial charge in [-0.1, -0.05) is 17.7 Å². The Bertz CT molecular complexity index is 959. The fourth-order valence-electron chi connectivity index (χ4n) is 3.55. The first-order valence-electron chi connectivity index (χ1n) is 9.62. The second-order valence-corrected chi connectivity index (χ2v) is 8.19. The third-order valence-corrected chi connectivity index (χ3v) is 5.59. The molecule has 0 bridgehead atoms. The Morgan fingerprint density at radius 1 is 1.28 bits per heavy atom. The summed E-state index contributed by atoms with van der Waals surface area (Å²) in [5.74, 6) is -1.31. The molecule has 0 spiro atoms. The van der Waals surface area contributed by atoms with Crippen molar-refractivity contribution in [3.63, 3.8) is 0 Å². The number of aryl methyl sites for hydroxylation is 1. The van der Waals surface area contributed by atoms with E-state index in [9.17, 15) is 9.59 Å². The molecule has 2 aromatic carbocycles. The highest BCUT2D eigenvalue weighted by molar-refractivity contribution is 6.35. The molecule has 1 fully saturated rings. The van der Waals surface area contributed by atoms with E-state index in [4.69, 9.17) is 23.1 Å². The van der Waals surface area contributed by atoms with Crippen LogP contribution in [-0.4, -0.2) is 17.7 Å². The van der Waals surface area contributed by atoms with Crippen LogP contribution in [0.4, 0.5) is 10.1 Å². The van der Waals surface area contributed by atoms with E-state index in [2.05, 4.69) is 5.32 Å². The minimum atomic E-state index is -0.632. The lowest BCUT2D eigenvalue weighted by Gasteiger charge is -2.24. The van der Waals surface area contributed by atoms with Gasteiger partial charge in [-0.25, -0.2) is 4.39 Å². The quantitative estimate of drug-likeness (QED) is 0.448. The van der Waals surface area contributed by atoms with Crippen molar-refractivity contribution in [2.45, 2.75) is 45.2 Å². The molecule has 2 atom stereocenters. The van der Waals surface area contributed by atoms with Crippen molar-refractivity contribution in [2.75, 3.05) is 5.73 Å². The Labute approximate surface area is 174 Å². The van der Waals surface area contributed by atoms with Crippen LogP contribution in [-0.2, 0) is 4.79 Å². The van der Waals surface area contributed by atoms with Crippen LogP contribution in [0.2, 0.25) is 5.02 Å². The van der Waals surface area contributed by atoms with Crippen LogP contribution in [0.3, 0.4) is 0 Å². The van der Waals surface area contributed by atoms with Gasteiger partial charge in [-0.15, -0.1) is 0 Å². The van der Waals surface area contributed by atoms with Gasteiger partial charge < -0.3 is 16.8 Å². The highest BCUT2D eigenvalue weighted by Crippen LogP contribution is 2.43. The van der Waals surface area contributed by atoms with E-state index in [1.807, 2.05) is 6.92 Å². The molecule has 7 heteroatoms. The predicted molar refractivity (Wildman–Crippen MR) is 112 cm³/mol. The number of hydrogen-bond acceptors (Lipinski definition) is 4. The van der Waals surface area contributed by atoms with E-state index >= 15 is 4.39 Å². The number of carbonyl (C=O) groups excluding carboxylic acids is 2. The van der Waals surface area contributed by atoms with Crippen molar-refractivity contribution in [3.05, 3.63) is 63.4 Å². The number of halogens is 2. The summed E-state index contributed by atoms with van der Waals surface area (Å²) in [6.45, 7) is 3.62. The highest BCUT2D eigenvalue weighted by Gasteiger charge is 2.36. The maximum absolute atomic E-state index is 15.5. The highest BCUT2D eigenvalue weighted by atomic mass is 35.5. The van der Waals surface area contributed by atoms with E-state index in [1.165, 1.54) is 0 Å². The zero-order chi connectivity index (χ0) is 21.3. The molecule has 0 unspecified atom stereocenters. The molecule has 29 heavy (non-hydrogen) atoms. The number of hydrogen-bond donors (Lipinski definition) is 3. The molecule has 0 saturated heterocycles. The van der Waals surface area contributed by atoms with Gasteiger partial charge in [0.15, 0.2) is 5.78 Å². The molecule has 1 aliphatic rings. The third kappa shape index (κ3) is 4.77. The molecule has 0 heterocycles. The molecule has 154 valence electrons. The van der Waals surface area contributed by atoms with Crippen LogP contribution in [0.5, 0.6) is 0 Å². The minimum Gasteiger partial charge on any atom is -0.399 e. The largest absolute Gasteiger partial charge is 0.399 e. The van der Waals surface area contributed by atoms with Crippen molar-refractivity contribution in [1.82, 2.24) is 5.32 Å². The summed E-state index contributed by atoms with van der Waals surface area (Å²) in [6, 6.07) is 7.44. The van der Waals surface area contributed by atoms with Crippen molar-refractivity contribution >= 4 is 29.0 Å². The van der Waals surface area contributed by atoms with Crippen LogP contribution in [0.1, 0.15) is 59.3 Å². The van der Waals surface area contributed by atoms with E-state index in [0.29, 0.717) is 16.8 Å². The normalized spacial score (nSPS) is 15.7. The number of nitrogen functional groups attached to an aromatic ring is 1. The molecule has 0 radical (unpaired) electrons. The van der Waals surface area contributed by atoms with E-state index in [1.54, 1.807) is 37.3 Å². The number of primary amides is 1. The van der Waals surface area contributed by atoms with Crippen LogP contribution in [0.25, 0.3) is 0 Å². The summed E-state index contributed by atoms with van der Waals surface area (Å²) in [7, 11) is 0. The maximum atomic E-state index is 15.5. The molecular weight excluding hydrogens is 393 g/mol. The summed E-state index contributed by atoms with van der Waals surface area (Å²) < 4.78 is 15.5. The van der Waals surface area contributed by atoms with Gasteiger partial charge in [-0.3, -0.25) is 9.59 Å². The lowest BCUT2D eigenvalue weighted by molar-refractivity contribution is -0.118. The first-order chi connectivity index (χ1) is 13.7. The number of ketones is 1. The molecule has 5 nitrogen and oxygen atoms in total. The molecular formula is C22H25ClFN3O2. The van der Waals surface area contributed by atoms with Gasteiger partial charge in [-0.05, 0) is 62.4 Å². The summed E-state index contributed by atoms with van der Waals surface area (Å²) in [5, 5.41) is 3.36. The van der Waals surface area contributed by atoms with Crippen LogP contribution in [0.15, 0.2) is 30.3 Å². The standard InChI is InChI=1S/C22H25ClFN3O2/c1-11-9-14(5-8-17(11)25)22(29)19-16(23)7-6-15(20(19)24)21(13-3-4-13)27-12(2)10-18(26)28/h5-9,12-13,21,27H,3-4,10,25H2,1-2H3,(H2,26,28)/t12-,21+/m0/s1. The Kier molecular flexibility index (Phi) is 6.24. The smallest absolute Gasteiger partial charge is 0.218 e. The summed E-state index contributed by atoms with van der Waals surface area (Å²) in [6.07, 6.45) is 2.04. The minimum absolute atomic E-state index is 0.0606. The molecule has 1 saturated carbocycles. The van der Waals surface area contributed by atoms with Crippen molar-refractivity contribution < 1.29 is 14.0 Å². The monoisotopic (exact) mass is 417 g/mol. The molecule has 2 aromatic rings. The van der Waals surface area contributed by atoms with E-state index < -0.39 is 17.5 Å². The Hall–Kier alpha value is -2.44. The van der Waals surface area contributed by atoms with Gasteiger partial charge in [0.1, 0.15) is 5.82 Å². The predicted octanol–water partition coefficient (Wildman–Crippen LogP) is 3.91. The topological polar surface area (TPSA) is 98.2 Å². The fraction of sp³-hybridized carbons (Fsp3) is 0.364. The number of benzene rings is 2. The molecule has 3 rings (SSSR count). The van der Waals surface area contributed by atoms with Gasteiger partial charge in [0.05, 0.1) is 10.6 Å². The average Bonchev–Trinajstić information content (AvgIpc) is 3.47. The Morgan fingerprint density at radius 3 is 2.55 bits per heavy atom. The number of anilines is 1. The second kappa shape index (κ2) is 8.51. The molecule has 0 aromatic heterocycles. The third-order valence-electron chi connectivity index (χ3n) is 5.28. The Balaban J connectivity index is 1.97. The number of amides is 1. The fourth-order valence-corrected chi connectivity index (χ4v) is 3.79. The molecule has 1 aliphatic carbocycles. The van der Waals surface area contributed by atoms with Gasteiger partial charge in [0, 0.05) is 35.3 Å². The summed E-state index contributed by atoms with van der Waals surface area (Å²) >= 11 is 6.22. The number of nitrogens with one attached hydrogen (secondary N) is 1. The zero-order valence-electron chi connectivity index (χ0n) is 16.5. The molecule has 0 aliphatic heterocycles. The van der Waals surface area contributed by atoms with Gasteiger partial charge in [0.25, 0.3) is 0 Å². The first kappa shape index (κ1) is 21.3. The summed E-state index contributed by atoms with van der Waals surface area (Å²) in [4.78, 5) is 24.2. The van der Waals surface area contributed by atoms with Crippen LogP contribution < -0.4 is 16.8 Å². The maximum Gasteiger partial charge on any atom is 0.218 e. The average molecular weight is 418 g/mol. The number of carbonyl (C=O) groups is 2. The van der Waals surface area contributed by atoms with Gasteiger partial charge >= 0.3 is 0 Å². The lowest BCUT2D eigenvalue weighted by Crippen LogP contribution is -2.35. The van der Waals surface area contributed by atoms with Crippen molar-refractivity contribution in [3.8, 4) is 0 Å². The van der Waals surface area contributed by atoms with E-state index in [0.717, 1.165) is 18.4 Å². The van der Waals surface area contributed by atoms with Crippen molar-refractivity contribution in [2.24, 2.45) is 11.7 Å². The van der Waals surface area contributed by atoms with Gasteiger partial charge in [-0.2, -0.15) is 0 Å². The first-order valence-corrected chi connectivity index (χ1v) is 10.00. The van der Waals surface area contributed by atoms with E-state index in [-0.39, 0.29) is 35.0 Å². The SMILES string of the molecule is Cc1cc(C(=O)c2c(Cl)ccc([C@H](N[C@@H](C)CC(N)=O)C3CC3)c2F)ccc1N. The second-order valence-electron chi connectivity index (χ2n) is 7.78. The zero-order valence-corrected chi connectivity index (χ0v) is 17.2. The number of rotatable bonds is 8. The van der Waals surface area contributed by atoms with Crippen LogP contribution >= 0.6 is 11.6 Å². The van der Waals surface area contributed by atoms with Gasteiger partial charge in [0.2, 0.25) is 5.91 Å². The Morgan fingerprint density at radius 2 is 1.97 bits per heavy atom. The molecule has 5 N–H and O–H groups in total.